The maximum Gasteiger partial charge on any atom is 0.243 e. The molecule has 1 fully saturated rings. The van der Waals surface area contributed by atoms with Gasteiger partial charge in [-0.3, -0.25) is 9.59 Å². The molecule has 2 aromatic rings. The lowest BCUT2D eigenvalue weighted by Crippen LogP contribution is -2.22. The van der Waals surface area contributed by atoms with Crippen LogP contribution in [0.4, 0.5) is 17.1 Å². The minimum Gasteiger partial charge on any atom is -0.376 e. The van der Waals surface area contributed by atoms with Gasteiger partial charge in [-0.05, 0) is 62.1 Å². The van der Waals surface area contributed by atoms with E-state index in [1.54, 1.807) is 12.1 Å². The maximum atomic E-state index is 12.2. The smallest absolute Gasteiger partial charge is 0.243 e. The molecule has 5 nitrogen and oxygen atoms in total. The number of carbonyl (C=O) groups excluding carboxylic acids is 2. The second-order valence-electron chi connectivity index (χ2n) is 6.61. The van der Waals surface area contributed by atoms with Crippen molar-refractivity contribution in [3.05, 3.63) is 52.5 Å². The van der Waals surface area contributed by atoms with Crippen LogP contribution in [0.15, 0.2) is 36.4 Å². The van der Waals surface area contributed by atoms with Crippen molar-refractivity contribution in [3.8, 4) is 0 Å². The summed E-state index contributed by atoms with van der Waals surface area (Å²) in [4.78, 5) is 24.1. The first kappa shape index (κ1) is 18.3. The lowest BCUT2D eigenvalue weighted by molar-refractivity contribution is -0.117. The summed E-state index contributed by atoms with van der Waals surface area (Å²) >= 11 is 6.08. The average molecular weight is 372 g/mol. The molecule has 0 aliphatic heterocycles. The maximum absolute atomic E-state index is 12.2. The van der Waals surface area contributed by atoms with E-state index in [1.165, 1.54) is 0 Å². The third kappa shape index (κ3) is 4.55. The molecule has 0 radical (unpaired) electrons. The number of hydrogen-bond acceptors (Lipinski definition) is 3. The van der Waals surface area contributed by atoms with Gasteiger partial charge in [0, 0.05) is 28.0 Å². The van der Waals surface area contributed by atoms with Crippen LogP contribution in [0.25, 0.3) is 0 Å². The van der Waals surface area contributed by atoms with Gasteiger partial charge in [0.1, 0.15) is 0 Å². The highest BCUT2D eigenvalue weighted by Gasteiger charge is 2.29. The van der Waals surface area contributed by atoms with Crippen molar-refractivity contribution < 1.29 is 9.59 Å². The summed E-state index contributed by atoms with van der Waals surface area (Å²) in [5, 5.41) is 9.52. The van der Waals surface area contributed by atoms with Crippen molar-refractivity contribution in [2.24, 2.45) is 5.92 Å². The molecule has 1 aliphatic carbocycles. The van der Waals surface area contributed by atoms with Crippen molar-refractivity contribution in [1.82, 2.24) is 0 Å². The van der Waals surface area contributed by atoms with Gasteiger partial charge in [0.2, 0.25) is 11.8 Å². The number of benzene rings is 2. The van der Waals surface area contributed by atoms with E-state index < -0.39 is 0 Å². The summed E-state index contributed by atoms with van der Waals surface area (Å²) in [6.07, 6.45) is 1.93. The van der Waals surface area contributed by atoms with Gasteiger partial charge in [-0.2, -0.15) is 0 Å². The van der Waals surface area contributed by atoms with Crippen LogP contribution in [0, 0.1) is 19.8 Å². The standard InChI is InChI=1S/C20H22ClN3O2/c1-12-6-9-15(23-20(26)14-7-8-14)10-18(12)22-11-19(25)24-17-5-3-4-16(21)13(17)2/h3-6,9-10,14,22H,7-8,11H2,1-2H3,(H,23,26)(H,24,25). The number of anilines is 3. The SMILES string of the molecule is Cc1ccc(NC(=O)C2CC2)cc1NCC(=O)Nc1cccc(Cl)c1C. The van der Waals surface area contributed by atoms with Crippen LogP contribution in [-0.4, -0.2) is 18.4 Å². The molecule has 0 spiro atoms. The molecule has 26 heavy (non-hydrogen) atoms. The predicted molar refractivity (Wildman–Crippen MR) is 106 cm³/mol. The van der Waals surface area contributed by atoms with Gasteiger partial charge in [-0.1, -0.05) is 23.7 Å². The molecule has 0 bridgehead atoms. The highest BCUT2D eigenvalue weighted by Crippen LogP contribution is 2.31. The summed E-state index contributed by atoms with van der Waals surface area (Å²) in [6, 6.07) is 11.1. The number of halogens is 1. The number of carbonyl (C=O) groups is 2. The molecular formula is C20H22ClN3O2. The Hall–Kier alpha value is -2.53. The molecule has 0 saturated heterocycles. The van der Waals surface area contributed by atoms with Crippen LogP contribution in [0.2, 0.25) is 5.02 Å². The number of aryl methyl sites for hydroxylation is 1. The van der Waals surface area contributed by atoms with E-state index in [-0.39, 0.29) is 24.3 Å². The van der Waals surface area contributed by atoms with Gasteiger partial charge in [-0.25, -0.2) is 0 Å². The highest BCUT2D eigenvalue weighted by molar-refractivity contribution is 6.31. The molecule has 1 aliphatic rings. The minimum absolute atomic E-state index is 0.0639. The molecule has 136 valence electrons. The van der Waals surface area contributed by atoms with Crippen LogP contribution in [0.1, 0.15) is 24.0 Å². The van der Waals surface area contributed by atoms with E-state index in [4.69, 9.17) is 11.6 Å². The lowest BCUT2D eigenvalue weighted by Gasteiger charge is -2.13. The van der Waals surface area contributed by atoms with Gasteiger partial charge < -0.3 is 16.0 Å². The zero-order valence-corrected chi connectivity index (χ0v) is 15.6. The summed E-state index contributed by atoms with van der Waals surface area (Å²) < 4.78 is 0. The fraction of sp³-hybridized carbons (Fsp3) is 0.300. The Balaban J connectivity index is 1.60. The van der Waals surface area contributed by atoms with Crippen LogP contribution in [0.5, 0.6) is 0 Å². The summed E-state index contributed by atoms with van der Waals surface area (Å²) in [5.74, 6) is 0.0515. The van der Waals surface area contributed by atoms with E-state index in [0.29, 0.717) is 10.7 Å². The Kier molecular flexibility index (Phi) is 5.47. The van der Waals surface area contributed by atoms with Gasteiger partial charge >= 0.3 is 0 Å². The third-order valence-corrected chi connectivity index (χ3v) is 4.84. The van der Waals surface area contributed by atoms with E-state index in [2.05, 4.69) is 16.0 Å². The Morgan fingerprint density at radius 3 is 2.58 bits per heavy atom. The molecule has 1 saturated carbocycles. The van der Waals surface area contributed by atoms with Crippen LogP contribution in [0.3, 0.4) is 0 Å². The van der Waals surface area contributed by atoms with Gasteiger partial charge in [0.15, 0.2) is 0 Å². The normalized spacial score (nSPS) is 13.2. The number of hydrogen-bond donors (Lipinski definition) is 3. The Morgan fingerprint density at radius 2 is 1.85 bits per heavy atom. The Labute approximate surface area is 158 Å². The number of nitrogens with one attached hydrogen (secondary N) is 3. The van der Waals surface area contributed by atoms with Crippen LogP contribution < -0.4 is 16.0 Å². The summed E-state index contributed by atoms with van der Waals surface area (Å²) in [7, 11) is 0. The van der Waals surface area contributed by atoms with Crippen LogP contribution in [-0.2, 0) is 9.59 Å². The van der Waals surface area contributed by atoms with Gasteiger partial charge in [-0.15, -0.1) is 0 Å². The largest absolute Gasteiger partial charge is 0.376 e. The van der Waals surface area contributed by atoms with Gasteiger partial charge in [0.25, 0.3) is 0 Å². The topological polar surface area (TPSA) is 70.2 Å². The van der Waals surface area contributed by atoms with E-state index >= 15 is 0 Å². The fourth-order valence-electron chi connectivity index (χ4n) is 2.59. The zero-order chi connectivity index (χ0) is 18.7. The molecule has 6 heteroatoms. The first-order valence-corrected chi connectivity index (χ1v) is 9.02. The zero-order valence-electron chi connectivity index (χ0n) is 14.9. The van der Waals surface area contributed by atoms with Gasteiger partial charge in [0.05, 0.1) is 6.54 Å². The van der Waals surface area contributed by atoms with Crippen molar-refractivity contribution in [3.63, 3.8) is 0 Å². The first-order chi connectivity index (χ1) is 12.4. The molecular weight excluding hydrogens is 350 g/mol. The average Bonchev–Trinajstić information content (AvgIpc) is 3.44. The van der Waals surface area contributed by atoms with E-state index in [1.807, 2.05) is 38.1 Å². The molecule has 2 amide bonds. The van der Waals surface area contributed by atoms with E-state index in [9.17, 15) is 9.59 Å². The predicted octanol–water partition coefficient (Wildman–Crippen LogP) is 4.36. The fourth-order valence-corrected chi connectivity index (χ4v) is 2.77. The van der Waals surface area contributed by atoms with Crippen molar-refractivity contribution in [2.45, 2.75) is 26.7 Å². The molecule has 0 atom stereocenters. The number of amides is 2. The van der Waals surface area contributed by atoms with E-state index in [0.717, 1.165) is 35.3 Å². The first-order valence-electron chi connectivity index (χ1n) is 8.64. The second-order valence-corrected chi connectivity index (χ2v) is 7.01. The van der Waals surface area contributed by atoms with Crippen molar-refractivity contribution in [2.75, 3.05) is 22.5 Å². The molecule has 0 unspecified atom stereocenters. The second kappa shape index (κ2) is 7.79. The Morgan fingerprint density at radius 1 is 1.08 bits per heavy atom. The quantitative estimate of drug-likeness (QED) is 0.706. The van der Waals surface area contributed by atoms with Crippen molar-refractivity contribution in [1.29, 1.82) is 0 Å². The van der Waals surface area contributed by atoms with Crippen molar-refractivity contribution >= 4 is 40.5 Å². The summed E-state index contributed by atoms with van der Waals surface area (Å²) in [5.41, 5.74) is 4.09. The molecule has 3 N–H and O–H groups in total. The highest BCUT2D eigenvalue weighted by atomic mass is 35.5. The molecule has 0 aromatic heterocycles. The monoisotopic (exact) mass is 371 g/mol. The van der Waals surface area contributed by atoms with Crippen LogP contribution >= 0.6 is 11.6 Å². The molecule has 0 heterocycles. The molecule has 3 rings (SSSR count). The third-order valence-electron chi connectivity index (χ3n) is 4.43. The summed E-state index contributed by atoms with van der Waals surface area (Å²) in [6.45, 7) is 3.93. The molecule has 2 aromatic carbocycles. The lowest BCUT2D eigenvalue weighted by atomic mass is 10.1. The minimum atomic E-state index is -0.165. The Bertz CT molecular complexity index is 847. The number of rotatable bonds is 6.